The van der Waals surface area contributed by atoms with Crippen LogP contribution in [-0.4, -0.2) is 18.2 Å². The van der Waals surface area contributed by atoms with Crippen LogP contribution in [0.2, 0.25) is 5.02 Å². The molecule has 0 amide bonds. The number of rotatable bonds is 4. The van der Waals surface area contributed by atoms with Crippen LogP contribution in [0, 0.1) is 12.3 Å². The molecule has 0 heterocycles. The maximum atomic E-state index is 11.1. The molecule has 0 saturated carbocycles. The zero-order valence-corrected chi connectivity index (χ0v) is 11.3. The molecule has 4 heteroatoms. The predicted octanol–water partition coefficient (Wildman–Crippen LogP) is 3.31. The lowest BCUT2D eigenvalue weighted by molar-refractivity contribution is -0.146. The van der Waals surface area contributed by atoms with E-state index in [0.717, 1.165) is 11.1 Å². The van der Waals surface area contributed by atoms with E-state index in [1.165, 1.54) is 0 Å². The quantitative estimate of drug-likeness (QED) is 0.899. The fourth-order valence-corrected chi connectivity index (χ4v) is 2.07. The minimum Gasteiger partial charge on any atom is -0.496 e. The van der Waals surface area contributed by atoms with Crippen molar-refractivity contribution in [3.8, 4) is 5.75 Å². The van der Waals surface area contributed by atoms with Gasteiger partial charge in [0.25, 0.3) is 0 Å². The first kappa shape index (κ1) is 13.8. The van der Waals surface area contributed by atoms with Gasteiger partial charge in [-0.2, -0.15) is 0 Å². The molecule has 1 rings (SSSR count). The first-order chi connectivity index (χ1) is 7.77. The molecular formula is C13H17ClO3. The van der Waals surface area contributed by atoms with E-state index in [1.54, 1.807) is 33.1 Å². The molecular weight excluding hydrogens is 240 g/mol. The van der Waals surface area contributed by atoms with Gasteiger partial charge in [0, 0.05) is 5.02 Å². The lowest BCUT2D eigenvalue weighted by atomic mass is 9.85. The highest BCUT2D eigenvalue weighted by Gasteiger charge is 2.29. The number of halogens is 1. The van der Waals surface area contributed by atoms with Crippen LogP contribution in [0.1, 0.15) is 25.0 Å². The Kier molecular flexibility index (Phi) is 4.04. The van der Waals surface area contributed by atoms with Gasteiger partial charge in [0.15, 0.2) is 0 Å². The third kappa shape index (κ3) is 3.13. The first-order valence-corrected chi connectivity index (χ1v) is 5.72. The highest BCUT2D eigenvalue weighted by atomic mass is 35.5. The van der Waals surface area contributed by atoms with Gasteiger partial charge in [-0.25, -0.2) is 0 Å². The van der Waals surface area contributed by atoms with Crippen molar-refractivity contribution in [2.45, 2.75) is 27.2 Å². The molecule has 0 radical (unpaired) electrons. The molecule has 0 aliphatic rings. The van der Waals surface area contributed by atoms with Crippen LogP contribution in [0.4, 0.5) is 0 Å². The lowest BCUT2D eigenvalue weighted by Crippen LogP contribution is -2.26. The maximum absolute atomic E-state index is 11.1. The van der Waals surface area contributed by atoms with Gasteiger partial charge in [0.1, 0.15) is 5.75 Å². The monoisotopic (exact) mass is 256 g/mol. The third-order valence-electron chi connectivity index (χ3n) is 2.73. The standard InChI is InChI=1S/C13H17ClO3/c1-8-5-10(14)6-9(11(8)17-4)7-13(2,3)12(15)16/h5-6H,7H2,1-4H3,(H,15,16). The number of hydrogen-bond donors (Lipinski definition) is 1. The second-order valence-electron chi connectivity index (χ2n) is 4.78. The van der Waals surface area contributed by atoms with Crippen molar-refractivity contribution in [3.63, 3.8) is 0 Å². The van der Waals surface area contributed by atoms with Crippen molar-refractivity contribution < 1.29 is 14.6 Å². The van der Waals surface area contributed by atoms with Gasteiger partial charge >= 0.3 is 5.97 Å². The summed E-state index contributed by atoms with van der Waals surface area (Å²) in [6.07, 6.45) is 0.382. The van der Waals surface area contributed by atoms with Crippen LogP contribution in [0.3, 0.4) is 0 Å². The number of hydrogen-bond acceptors (Lipinski definition) is 2. The molecule has 0 bridgehead atoms. The molecule has 0 spiro atoms. The van der Waals surface area contributed by atoms with Crippen molar-refractivity contribution in [3.05, 3.63) is 28.3 Å². The third-order valence-corrected chi connectivity index (χ3v) is 2.95. The molecule has 1 N–H and O–H groups in total. The molecule has 0 saturated heterocycles. The average Bonchev–Trinajstić information content (AvgIpc) is 2.15. The van der Waals surface area contributed by atoms with Crippen LogP contribution >= 0.6 is 11.6 Å². The summed E-state index contributed by atoms with van der Waals surface area (Å²) in [5.41, 5.74) is 0.894. The number of methoxy groups -OCH3 is 1. The SMILES string of the molecule is COc1c(C)cc(Cl)cc1CC(C)(C)C(=O)O. The minimum atomic E-state index is -0.843. The summed E-state index contributed by atoms with van der Waals surface area (Å²) >= 11 is 5.98. The number of carboxylic acid groups (broad SMARTS) is 1. The lowest BCUT2D eigenvalue weighted by Gasteiger charge is -2.21. The van der Waals surface area contributed by atoms with Crippen molar-refractivity contribution >= 4 is 17.6 Å². The summed E-state index contributed by atoms with van der Waals surface area (Å²) in [5, 5.41) is 9.73. The van der Waals surface area contributed by atoms with E-state index in [-0.39, 0.29) is 0 Å². The molecule has 3 nitrogen and oxygen atoms in total. The largest absolute Gasteiger partial charge is 0.496 e. The average molecular weight is 257 g/mol. The van der Waals surface area contributed by atoms with Crippen LogP contribution in [-0.2, 0) is 11.2 Å². The second-order valence-corrected chi connectivity index (χ2v) is 5.22. The Hall–Kier alpha value is -1.22. The summed E-state index contributed by atoms with van der Waals surface area (Å²) in [4.78, 5) is 11.1. The summed E-state index contributed by atoms with van der Waals surface area (Å²) < 4.78 is 5.31. The fourth-order valence-electron chi connectivity index (χ4n) is 1.77. The Morgan fingerprint density at radius 3 is 2.53 bits per heavy atom. The summed E-state index contributed by atoms with van der Waals surface area (Å²) in [5.74, 6) is -0.124. The zero-order valence-electron chi connectivity index (χ0n) is 10.5. The van der Waals surface area contributed by atoms with Gasteiger partial charge in [-0.15, -0.1) is 0 Å². The molecule has 94 valence electrons. The van der Waals surface area contributed by atoms with E-state index >= 15 is 0 Å². The molecule has 0 aromatic heterocycles. The number of carboxylic acids is 1. The van der Waals surface area contributed by atoms with Gasteiger partial charge in [-0.05, 0) is 50.5 Å². The first-order valence-electron chi connectivity index (χ1n) is 5.34. The summed E-state index contributed by atoms with van der Waals surface area (Å²) in [6, 6.07) is 3.57. The molecule has 1 aromatic carbocycles. The van der Waals surface area contributed by atoms with Crippen LogP contribution in [0.25, 0.3) is 0 Å². The van der Waals surface area contributed by atoms with E-state index in [0.29, 0.717) is 17.2 Å². The van der Waals surface area contributed by atoms with Gasteiger partial charge in [-0.1, -0.05) is 11.6 Å². The molecule has 0 aliphatic heterocycles. The molecule has 0 unspecified atom stereocenters. The van der Waals surface area contributed by atoms with E-state index in [9.17, 15) is 4.79 Å². The number of benzene rings is 1. The normalized spacial score (nSPS) is 11.4. The number of carbonyl (C=O) groups is 1. The predicted molar refractivity (Wildman–Crippen MR) is 67.9 cm³/mol. The van der Waals surface area contributed by atoms with Gasteiger partial charge in [0.05, 0.1) is 12.5 Å². The molecule has 0 fully saturated rings. The Bertz CT molecular complexity index is 439. The molecule has 1 aromatic rings. The minimum absolute atomic E-state index is 0.382. The van der Waals surface area contributed by atoms with E-state index in [2.05, 4.69) is 0 Å². The Morgan fingerprint density at radius 1 is 1.47 bits per heavy atom. The Balaban J connectivity index is 3.18. The van der Waals surface area contributed by atoms with Gasteiger partial charge in [0.2, 0.25) is 0 Å². The van der Waals surface area contributed by atoms with E-state index in [1.807, 2.05) is 6.92 Å². The maximum Gasteiger partial charge on any atom is 0.309 e. The summed E-state index contributed by atoms with van der Waals surface area (Å²) in [6.45, 7) is 5.26. The second kappa shape index (κ2) is 4.96. The van der Waals surface area contributed by atoms with E-state index < -0.39 is 11.4 Å². The van der Waals surface area contributed by atoms with Crippen molar-refractivity contribution in [1.29, 1.82) is 0 Å². The van der Waals surface area contributed by atoms with Gasteiger partial charge < -0.3 is 9.84 Å². The Morgan fingerprint density at radius 2 is 2.06 bits per heavy atom. The van der Waals surface area contributed by atoms with Crippen LogP contribution < -0.4 is 4.74 Å². The highest BCUT2D eigenvalue weighted by Crippen LogP contribution is 2.33. The van der Waals surface area contributed by atoms with Crippen molar-refractivity contribution in [2.24, 2.45) is 5.41 Å². The Labute approximate surface area is 106 Å². The molecule has 0 aliphatic carbocycles. The summed E-state index contributed by atoms with van der Waals surface area (Å²) in [7, 11) is 1.58. The van der Waals surface area contributed by atoms with Crippen molar-refractivity contribution in [1.82, 2.24) is 0 Å². The molecule has 0 atom stereocenters. The topological polar surface area (TPSA) is 46.5 Å². The number of ether oxygens (including phenoxy) is 1. The van der Waals surface area contributed by atoms with Crippen LogP contribution in [0.5, 0.6) is 5.75 Å². The zero-order chi connectivity index (χ0) is 13.2. The van der Waals surface area contributed by atoms with Gasteiger partial charge in [-0.3, -0.25) is 4.79 Å². The molecule has 17 heavy (non-hydrogen) atoms. The fraction of sp³-hybridized carbons (Fsp3) is 0.462. The highest BCUT2D eigenvalue weighted by molar-refractivity contribution is 6.30. The van der Waals surface area contributed by atoms with Crippen LogP contribution in [0.15, 0.2) is 12.1 Å². The van der Waals surface area contributed by atoms with Crippen molar-refractivity contribution in [2.75, 3.05) is 7.11 Å². The number of aryl methyl sites for hydroxylation is 1. The number of aliphatic carboxylic acids is 1. The van der Waals surface area contributed by atoms with E-state index in [4.69, 9.17) is 21.4 Å². The smallest absolute Gasteiger partial charge is 0.309 e.